The van der Waals surface area contributed by atoms with E-state index in [1.807, 2.05) is 4.72 Å². The zero-order valence-corrected chi connectivity index (χ0v) is 22.3. The van der Waals surface area contributed by atoms with Crippen LogP contribution in [-0.2, 0) is 21.5 Å². The molecule has 4 radical (unpaired) electrons. The lowest BCUT2D eigenvalue weighted by molar-refractivity contribution is -0.152. The third kappa shape index (κ3) is 5.49. The average molecular weight is 566 g/mol. The van der Waals surface area contributed by atoms with Crippen LogP contribution in [0.4, 0.5) is 26.3 Å². The molecule has 1 N–H and O–H groups in total. The number of hydrogen-bond acceptors (Lipinski definition) is 2. The Bertz CT molecular complexity index is 1490. The van der Waals surface area contributed by atoms with Crippen LogP contribution in [0.3, 0.4) is 0 Å². The highest BCUT2D eigenvalue weighted by Crippen LogP contribution is 2.44. The van der Waals surface area contributed by atoms with Crippen LogP contribution in [0, 0.1) is 5.41 Å². The fraction of sp³-hybridized carbons (Fsp3) is 0.462. The normalized spacial score (nSPS) is 16.8. The molecule has 39 heavy (non-hydrogen) atoms. The molecule has 1 fully saturated rings. The Morgan fingerprint density at radius 1 is 0.974 bits per heavy atom. The molecule has 1 aliphatic rings. The zero-order valence-electron chi connectivity index (χ0n) is 21.5. The van der Waals surface area contributed by atoms with Gasteiger partial charge in [-0.05, 0) is 46.9 Å². The van der Waals surface area contributed by atoms with E-state index in [9.17, 15) is 34.8 Å². The minimum absolute atomic E-state index is 0.0245. The van der Waals surface area contributed by atoms with Crippen molar-refractivity contribution in [2.45, 2.75) is 69.0 Å². The Morgan fingerprint density at radius 2 is 1.59 bits per heavy atom. The summed E-state index contributed by atoms with van der Waals surface area (Å²) in [6.07, 6.45) is -7.58. The van der Waals surface area contributed by atoms with E-state index < -0.39 is 55.5 Å². The van der Waals surface area contributed by atoms with E-state index in [-0.39, 0.29) is 34.9 Å². The minimum atomic E-state index is -5.04. The van der Waals surface area contributed by atoms with Crippen LogP contribution in [0.2, 0.25) is 0 Å². The fourth-order valence-corrected chi connectivity index (χ4v) is 6.28. The van der Waals surface area contributed by atoms with Crippen LogP contribution in [0.15, 0.2) is 48.7 Å². The number of hydrogen-bond donors (Lipinski definition) is 1. The minimum Gasteiger partial charge on any atom is -0.358 e. The summed E-state index contributed by atoms with van der Waals surface area (Å²) in [5.74, 6) is 0. The first kappa shape index (κ1) is 29.6. The van der Waals surface area contributed by atoms with Gasteiger partial charge in [0.05, 0.1) is 26.5 Å². The van der Waals surface area contributed by atoms with Gasteiger partial charge in [0.25, 0.3) is 0 Å². The molecule has 0 spiro atoms. The highest BCUT2D eigenvalue weighted by Gasteiger charge is 2.47. The number of rotatable bonds is 6. The number of nitrogens with zero attached hydrogens (tertiary/aromatic N) is 1. The van der Waals surface area contributed by atoms with Crippen LogP contribution in [0.5, 0.6) is 0 Å². The Kier molecular flexibility index (Phi) is 7.29. The van der Waals surface area contributed by atoms with Crippen molar-refractivity contribution in [1.82, 2.24) is 9.29 Å². The highest BCUT2D eigenvalue weighted by atomic mass is 32.2. The van der Waals surface area contributed by atoms with E-state index in [4.69, 9.17) is 15.7 Å². The fourth-order valence-electron chi connectivity index (χ4n) is 4.55. The van der Waals surface area contributed by atoms with Gasteiger partial charge in [0.15, 0.2) is 0 Å². The molecule has 0 bridgehead atoms. The molecule has 0 aliphatic heterocycles. The van der Waals surface area contributed by atoms with Gasteiger partial charge in [-0.25, -0.2) is 8.42 Å². The van der Waals surface area contributed by atoms with E-state index in [0.29, 0.717) is 6.42 Å². The Hall–Kier alpha value is -2.40. The van der Waals surface area contributed by atoms with Crippen LogP contribution in [0.25, 0.3) is 22.0 Å². The molecular formula is C26H26B2F6N2O2S. The second-order valence-corrected chi connectivity index (χ2v) is 13.0. The van der Waals surface area contributed by atoms with Gasteiger partial charge in [-0.3, -0.25) is 0 Å². The van der Waals surface area contributed by atoms with Gasteiger partial charge in [-0.15, -0.1) is 0 Å². The van der Waals surface area contributed by atoms with Crippen LogP contribution < -0.4 is 4.72 Å². The average Bonchev–Trinajstić information content (AvgIpc) is 3.13. The van der Waals surface area contributed by atoms with Crippen molar-refractivity contribution in [2.24, 2.45) is 5.41 Å². The van der Waals surface area contributed by atoms with Crippen LogP contribution in [0.1, 0.15) is 57.2 Å². The summed E-state index contributed by atoms with van der Waals surface area (Å²) in [7, 11) is 8.56. The number of fused-ring (bicyclic) bond motifs is 1. The zero-order chi connectivity index (χ0) is 29.2. The summed E-state index contributed by atoms with van der Waals surface area (Å²) < 4.78 is 113. The number of aromatic nitrogens is 1. The van der Waals surface area contributed by atoms with E-state index >= 15 is 0 Å². The van der Waals surface area contributed by atoms with E-state index in [1.165, 1.54) is 41.0 Å². The number of halogens is 6. The van der Waals surface area contributed by atoms with Crippen molar-refractivity contribution in [3.63, 3.8) is 0 Å². The Labute approximate surface area is 226 Å². The number of nitrogens with one attached hydrogen (secondary N) is 1. The van der Waals surface area contributed by atoms with Crippen molar-refractivity contribution in [3.8, 4) is 11.1 Å². The summed E-state index contributed by atoms with van der Waals surface area (Å²) in [6.45, 7) is 4.96. The molecule has 1 heterocycles. The lowest BCUT2D eigenvalue weighted by Gasteiger charge is -2.42. The van der Waals surface area contributed by atoms with Crippen molar-refractivity contribution in [2.75, 3.05) is 0 Å². The molecular weight excluding hydrogens is 540 g/mol. The lowest BCUT2D eigenvalue weighted by Crippen LogP contribution is -2.46. The predicted octanol–water partition coefficient (Wildman–Crippen LogP) is 6.40. The van der Waals surface area contributed by atoms with E-state index in [1.54, 1.807) is 20.8 Å². The second-order valence-electron chi connectivity index (χ2n) is 11.0. The molecule has 206 valence electrons. The maximum Gasteiger partial charge on any atom is 0.417 e. The molecule has 1 aromatic heterocycles. The smallest absolute Gasteiger partial charge is 0.358 e. The lowest BCUT2D eigenvalue weighted by atomic mass is 9.49. The third-order valence-corrected chi connectivity index (χ3v) is 9.30. The first-order valence-corrected chi connectivity index (χ1v) is 13.8. The van der Waals surface area contributed by atoms with Gasteiger partial charge < -0.3 is 4.57 Å². The quantitative estimate of drug-likeness (QED) is 0.278. The summed E-state index contributed by atoms with van der Waals surface area (Å²) in [5, 5.41) is -2.79. The second kappa shape index (κ2) is 9.61. The molecule has 4 rings (SSSR count). The molecule has 0 amide bonds. The van der Waals surface area contributed by atoms with Crippen molar-refractivity contribution < 1.29 is 34.8 Å². The first-order chi connectivity index (χ1) is 17.7. The van der Waals surface area contributed by atoms with Crippen LogP contribution >= 0.6 is 0 Å². The molecule has 3 aromatic rings. The summed E-state index contributed by atoms with van der Waals surface area (Å²) in [4.78, 5) is 0. The number of sulfonamides is 1. The third-order valence-electron chi connectivity index (χ3n) is 7.39. The van der Waals surface area contributed by atoms with Gasteiger partial charge >= 0.3 is 12.4 Å². The molecule has 2 aromatic carbocycles. The molecule has 1 atom stereocenters. The molecule has 1 saturated carbocycles. The van der Waals surface area contributed by atoms with Crippen molar-refractivity contribution in [3.05, 3.63) is 59.8 Å². The molecule has 13 heteroatoms. The maximum absolute atomic E-state index is 14.4. The topological polar surface area (TPSA) is 51.1 Å². The van der Waals surface area contributed by atoms with Gasteiger partial charge in [-0.2, -0.15) is 31.1 Å². The standard InChI is InChI=1S/C26H26B2F6N2O2S/c1-23(2,3)26(27,28)36-14-19(22(25(32,33)34)35-39(37,38)16-7-6-8-16)18-12-11-15(13-21(18)36)17-9-4-5-10-20(17)24(29,30)31/h4-5,9-14,16,22,35H,6-8H2,1-3H3/t22-/m0/s1. The van der Waals surface area contributed by atoms with Gasteiger partial charge in [0, 0.05) is 22.7 Å². The largest absolute Gasteiger partial charge is 0.417 e. The van der Waals surface area contributed by atoms with Crippen LogP contribution in [-0.4, -0.2) is 40.1 Å². The number of benzene rings is 2. The van der Waals surface area contributed by atoms with E-state index in [0.717, 1.165) is 12.3 Å². The maximum atomic E-state index is 14.4. The van der Waals surface area contributed by atoms with E-state index in [2.05, 4.69) is 0 Å². The molecule has 4 nitrogen and oxygen atoms in total. The molecule has 0 unspecified atom stereocenters. The van der Waals surface area contributed by atoms with Gasteiger partial charge in [0.1, 0.15) is 6.04 Å². The molecule has 1 aliphatic carbocycles. The van der Waals surface area contributed by atoms with Gasteiger partial charge in [-0.1, -0.05) is 57.5 Å². The number of alkyl halides is 6. The highest BCUT2D eigenvalue weighted by molar-refractivity contribution is 7.90. The summed E-state index contributed by atoms with van der Waals surface area (Å²) in [6, 6.07) is 5.97. The first-order valence-electron chi connectivity index (χ1n) is 12.2. The predicted molar refractivity (Wildman–Crippen MR) is 140 cm³/mol. The SMILES string of the molecule is [B]C([B])(n1cc([C@H](NS(=O)(=O)C2CCC2)C(F)(F)F)c2ccc(-c3ccccc3C(F)(F)F)cc21)C(C)(C)C. The monoisotopic (exact) mass is 566 g/mol. The molecule has 0 saturated heterocycles. The summed E-state index contributed by atoms with van der Waals surface area (Å²) in [5.41, 5.74) is -2.40. The Morgan fingerprint density at radius 3 is 2.10 bits per heavy atom. The van der Waals surface area contributed by atoms with Gasteiger partial charge in [0.2, 0.25) is 10.0 Å². The van der Waals surface area contributed by atoms with Crippen molar-refractivity contribution in [1.29, 1.82) is 0 Å². The van der Waals surface area contributed by atoms with Crippen molar-refractivity contribution >= 4 is 36.6 Å². The Balaban J connectivity index is 1.99. The summed E-state index contributed by atoms with van der Waals surface area (Å²) >= 11 is 0.